The normalized spacial score (nSPS) is 26.8. The van der Waals surface area contributed by atoms with Crippen LogP contribution in [0.5, 0.6) is 0 Å². The topological polar surface area (TPSA) is 29.7 Å². The van der Waals surface area contributed by atoms with Crippen molar-refractivity contribution in [3.05, 3.63) is 40.3 Å². The van der Waals surface area contributed by atoms with Crippen LogP contribution in [0.15, 0.2) is 29.2 Å². The lowest BCUT2D eigenvalue weighted by molar-refractivity contribution is 0.126. The minimum atomic E-state index is 0.155. The summed E-state index contributed by atoms with van der Waals surface area (Å²) in [6.45, 7) is 5.28. The van der Waals surface area contributed by atoms with Crippen LogP contribution < -0.4 is 5.56 Å². The Bertz CT molecular complexity index is 795. The van der Waals surface area contributed by atoms with Crippen LogP contribution in [0.3, 0.4) is 0 Å². The van der Waals surface area contributed by atoms with Crippen LogP contribution in [0.4, 0.5) is 0 Å². The lowest BCUT2D eigenvalue weighted by Crippen LogP contribution is -2.44. The van der Waals surface area contributed by atoms with Gasteiger partial charge in [-0.15, -0.1) is 11.6 Å². The number of aromatic nitrogens is 2. The summed E-state index contributed by atoms with van der Waals surface area (Å²) in [7, 11) is 0. The Morgan fingerprint density at radius 3 is 2.60 bits per heavy atom. The Morgan fingerprint density at radius 2 is 1.96 bits per heavy atom. The van der Waals surface area contributed by atoms with E-state index in [2.05, 4.69) is 30.9 Å². The van der Waals surface area contributed by atoms with E-state index in [9.17, 15) is 4.79 Å². The van der Waals surface area contributed by atoms with E-state index in [0.717, 1.165) is 42.8 Å². The highest BCUT2D eigenvalue weighted by Gasteiger charge is 2.41. The van der Waals surface area contributed by atoms with Crippen molar-refractivity contribution in [1.29, 1.82) is 0 Å². The molecule has 4 heterocycles. The molecule has 0 spiro atoms. The first kappa shape index (κ1) is 17.2. The number of fused-ring (bicyclic) bond motifs is 3. The summed E-state index contributed by atoms with van der Waals surface area (Å²) in [6.07, 6.45) is 7.82. The number of hydrogen-bond acceptors (Lipinski definition) is 2. The van der Waals surface area contributed by atoms with Crippen molar-refractivity contribution in [1.82, 2.24) is 14.1 Å². The van der Waals surface area contributed by atoms with E-state index in [4.69, 9.17) is 11.6 Å². The van der Waals surface area contributed by atoms with Gasteiger partial charge in [-0.2, -0.15) is 0 Å². The second-order valence-corrected chi connectivity index (χ2v) is 8.33. The minimum absolute atomic E-state index is 0.155. The van der Waals surface area contributed by atoms with Crippen LogP contribution in [0, 0.1) is 0 Å². The van der Waals surface area contributed by atoms with Gasteiger partial charge in [0.1, 0.15) is 0 Å². The molecule has 0 aliphatic carbocycles. The van der Waals surface area contributed by atoms with Gasteiger partial charge in [0.05, 0.1) is 5.52 Å². The summed E-state index contributed by atoms with van der Waals surface area (Å²) in [5, 5.41) is 0. The van der Waals surface area contributed by atoms with Gasteiger partial charge in [0.15, 0.2) is 0 Å². The Morgan fingerprint density at radius 1 is 1.24 bits per heavy atom. The number of nitrogens with zero attached hydrogens (tertiary/aromatic N) is 3. The molecular formula is C20H28ClN3O. The van der Waals surface area contributed by atoms with Crippen LogP contribution in [0.1, 0.15) is 63.5 Å². The molecule has 2 aromatic rings. The molecule has 2 bridgehead atoms. The highest BCUT2D eigenvalue weighted by Crippen LogP contribution is 2.42. The van der Waals surface area contributed by atoms with Crippen molar-refractivity contribution in [2.24, 2.45) is 0 Å². The minimum Gasteiger partial charge on any atom is -0.297 e. The molecule has 5 heteroatoms. The smallest absolute Gasteiger partial charge is 0.269 e. The van der Waals surface area contributed by atoms with E-state index in [-0.39, 0.29) is 11.6 Å². The van der Waals surface area contributed by atoms with Crippen molar-refractivity contribution < 1.29 is 0 Å². The van der Waals surface area contributed by atoms with Gasteiger partial charge in [0, 0.05) is 35.8 Å². The molecule has 25 heavy (non-hydrogen) atoms. The van der Waals surface area contributed by atoms with E-state index in [1.54, 1.807) is 0 Å². The zero-order chi connectivity index (χ0) is 17.6. The molecule has 0 N–H and O–H groups in total. The van der Waals surface area contributed by atoms with Crippen molar-refractivity contribution >= 4 is 17.1 Å². The quantitative estimate of drug-likeness (QED) is 0.753. The molecule has 2 saturated heterocycles. The van der Waals surface area contributed by atoms with E-state index < -0.39 is 0 Å². The average Bonchev–Trinajstić information content (AvgIpc) is 3.13. The molecule has 2 atom stereocenters. The van der Waals surface area contributed by atoms with Gasteiger partial charge in [0.25, 0.3) is 5.56 Å². The zero-order valence-corrected chi connectivity index (χ0v) is 16.0. The summed E-state index contributed by atoms with van der Waals surface area (Å²) in [5.41, 5.74) is 2.34. The summed E-state index contributed by atoms with van der Waals surface area (Å²) in [5.74, 6) is 1.13. The van der Waals surface area contributed by atoms with Gasteiger partial charge in [-0.3, -0.25) is 14.2 Å². The molecule has 2 fully saturated rings. The highest BCUT2D eigenvalue weighted by atomic mass is 35.5. The summed E-state index contributed by atoms with van der Waals surface area (Å²) in [4.78, 5) is 15.9. The number of halogens is 1. The lowest BCUT2D eigenvalue weighted by Gasteiger charge is -2.39. The monoisotopic (exact) mass is 361 g/mol. The molecule has 2 unspecified atom stereocenters. The lowest BCUT2D eigenvalue weighted by atomic mass is 9.85. The van der Waals surface area contributed by atoms with E-state index in [1.165, 1.54) is 12.8 Å². The van der Waals surface area contributed by atoms with Crippen molar-refractivity contribution in [3.63, 3.8) is 0 Å². The van der Waals surface area contributed by atoms with E-state index in [0.29, 0.717) is 18.0 Å². The SMILES string of the molecule is CC(C)n1c(=O)c(C2CC3CCC(C2)N3CCCCl)cc2cccn21. The largest absolute Gasteiger partial charge is 0.297 e. The van der Waals surface area contributed by atoms with Crippen LogP contribution in [0.25, 0.3) is 5.52 Å². The Labute approximate surface area is 154 Å². The van der Waals surface area contributed by atoms with E-state index in [1.807, 2.05) is 21.5 Å². The summed E-state index contributed by atoms with van der Waals surface area (Å²) >= 11 is 5.90. The Kier molecular flexibility index (Phi) is 4.67. The maximum Gasteiger partial charge on any atom is 0.269 e. The standard InChI is InChI=1S/C20H28ClN3O/c1-14(2)24-20(25)19(13-18-5-3-10-23(18)24)15-11-16-6-7-17(12-15)22(16)9-4-8-21/h3,5,10,13-17H,4,6-9,11-12H2,1-2H3. The third kappa shape index (κ3) is 2.93. The number of hydrogen-bond donors (Lipinski definition) is 0. The van der Waals surface area contributed by atoms with Gasteiger partial charge in [0.2, 0.25) is 0 Å². The van der Waals surface area contributed by atoms with Crippen LogP contribution >= 0.6 is 11.6 Å². The maximum atomic E-state index is 13.2. The molecule has 136 valence electrons. The van der Waals surface area contributed by atoms with Gasteiger partial charge >= 0.3 is 0 Å². The molecule has 0 radical (unpaired) electrons. The van der Waals surface area contributed by atoms with Crippen molar-refractivity contribution in [2.45, 2.75) is 70.0 Å². The van der Waals surface area contributed by atoms with Crippen molar-refractivity contribution in [3.8, 4) is 0 Å². The number of piperidine rings is 1. The molecule has 2 aliphatic rings. The fourth-order valence-electron chi connectivity index (χ4n) is 5.06. The van der Waals surface area contributed by atoms with Crippen LogP contribution in [0.2, 0.25) is 0 Å². The first-order valence-corrected chi connectivity index (χ1v) is 10.2. The fourth-order valence-corrected chi connectivity index (χ4v) is 5.18. The van der Waals surface area contributed by atoms with Crippen molar-refractivity contribution in [2.75, 3.05) is 12.4 Å². The predicted molar refractivity (Wildman–Crippen MR) is 103 cm³/mol. The molecule has 0 aromatic carbocycles. The third-order valence-corrected chi connectivity index (χ3v) is 6.38. The van der Waals surface area contributed by atoms with Gasteiger partial charge < -0.3 is 0 Å². The average molecular weight is 362 g/mol. The van der Waals surface area contributed by atoms with Gasteiger partial charge in [-0.05, 0) is 76.6 Å². The van der Waals surface area contributed by atoms with E-state index >= 15 is 0 Å². The summed E-state index contributed by atoms with van der Waals surface area (Å²) < 4.78 is 3.91. The van der Waals surface area contributed by atoms with Crippen LogP contribution in [-0.4, -0.2) is 38.6 Å². The molecule has 0 saturated carbocycles. The zero-order valence-electron chi connectivity index (χ0n) is 15.2. The highest BCUT2D eigenvalue weighted by molar-refractivity contribution is 6.17. The Balaban J connectivity index is 1.67. The molecule has 2 aromatic heterocycles. The Hall–Kier alpha value is -1.26. The molecule has 2 aliphatic heterocycles. The number of alkyl halides is 1. The summed E-state index contributed by atoms with van der Waals surface area (Å²) in [6, 6.07) is 7.67. The van der Waals surface area contributed by atoms with Gasteiger partial charge in [-0.1, -0.05) is 0 Å². The number of rotatable bonds is 5. The second-order valence-electron chi connectivity index (χ2n) is 7.95. The second kappa shape index (κ2) is 6.81. The maximum absolute atomic E-state index is 13.2. The third-order valence-electron chi connectivity index (χ3n) is 6.11. The molecule has 4 rings (SSSR count). The first-order valence-electron chi connectivity index (χ1n) is 9.64. The molecular weight excluding hydrogens is 334 g/mol. The van der Waals surface area contributed by atoms with Gasteiger partial charge in [-0.25, -0.2) is 4.68 Å². The molecule has 0 amide bonds. The fraction of sp³-hybridized carbons (Fsp3) is 0.650. The van der Waals surface area contributed by atoms with Crippen LogP contribution in [-0.2, 0) is 0 Å². The molecule has 4 nitrogen and oxygen atoms in total. The predicted octanol–water partition coefficient (Wildman–Crippen LogP) is 4.02. The first-order chi connectivity index (χ1) is 12.1.